The number of nitrogens with one attached hydrogen (secondary N) is 1. The van der Waals surface area contributed by atoms with E-state index < -0.39 is 16.1 Å². The van der Waals surface area contributed by atoms with E-state index in [2.05, 4.69) is 14.9 Å². The van der Waals surface area contributed by atoms with Gasteiger partial charge in [0.1, 0.15) is 18.2 Å². The summed E-state index contributed by atoms with van der Waals surface area (Å²) < 4.78 is 28.7. The van der Waals surface area contributed by atoms with Gasteiger partial charge in [0, 0.05) is 7.05 Å². The molecule has 2 aromatic rings. The summed E-state index contributed by atoms with van der Waals surface area (Å²) in [6.07, 6.45) is 1.48. The maximum absolute atomic E-state index is 12.3. The zero-order valence-corrected chi connectivity index (χ0v) is 12.9. The van der Waals surface area contributed by atoms with Crippen LogP contribution in [0.3, 0.4) is 0 Å². The lowest BCUT2D eigenvalue weighted by molar-refractivity contribution is 0.553. The summed E-state index contributed by atoms with van der Waals surface area (Å²) in [5.41, 5.74) is 0.219. The van der Waals surface area contributed by atoms with Gasteiger partial charge in [0.05, 0.1) is 21.5 Å². The molecule has 1 unspecified atom stereocenters. The minimum Gasteiger partial charge on any atom is -0.319 e. The molecule has 0 fully saturated rings. The fraction of sp³-hybridized carbons (Fsp3) is 0.250. The molecule has 0 radical (unpaired) electrons. The fourth-order valence-corrected chi connectivity index (χ4v) is 3.31. The van der Waals surface area contributed by atoms with Crippen molar-refractivity contribution in [3.63, 3.8) is 0 Å². The summed E-state index contributed by atoms with van der Waals surface area (Å²) in [4.78, 5) is -0.0134. The molecular weight excluding hydrogens is 314 g/mol. The third-order valence-corrected chi connectivity index (χ3v) is 4.69. The molecule has 2 rings (SSSR count). The average molecular weight is 326 g/mol. The monoisotopic (exact) mass is 325 g/mol. The van der Waals surface area contributed by atoms with E-state index in [0.29, 0.717) is 5.82 Å². The largest absolute Gasteiger partial charge is 0.319 e. The van der Waals surface area contributed by atoms with Crippen molar-refractivity contribution in [2.45, 2.75) is 17.9 Å². The van der Waals surface area contributed by atoms with Crippen molar-refractivity contribution in [2.24, 2.45) is 7.05 Å². The second kappa shape index (κ2) is 5.81. The van der Waals surface area contributed by atoms with Crippen LogP contribution in [-0.2, 0) is 17.1 Å². The third-order valence-electron chi connectivity index (χ3n) is 2.84. The Hall–Kier alpha value is -1.95. The molecule has 0 saturated heterocycles. The van der Waals surface area contributed by atoms with Crippen molar-refractivity contribution in [2.75, 3.05) is 0 Å². The lowest BCUT2D eigenvalue weighted by atomic mass is 10.2. The van der Waals surface area contributed by atoms with Crippen LogP contribution in [0.15, 0.2) is 29.4 Å². The van der Waals surface area contributed by atoms with Crippen LogP contribution in [0.2, 0.25) is 5.02 Å². The average Bonchev–Trinajstić information content (AvgIpc) is 2.84. The molecular formula is C12H12ClN5O2S. The number of hydrogen-bond donors (Lipinski definition) is 1. The highest BCUT2D eigenvalue weighted by atomic mass is 35.5. The lowest BCUT2D eigenvalue weighted by Crippen LogP contribution is -2.28. The van der Waals surface area contributed by atoms with E-state index in [0.717, 1.165) is 0 Å². The third kappa shape index (κ3) is 3.21. The molecule has 1 N–H and O–H groups in total. The molecule has 110 valence electrons. The van der Waals surface area contributed by atoms with Gasteiger partial charge in [-0.1, -0.05) is 11.6 Å². The predicted molar refractivity (Wildman–Crippen MR) is 75.9 cm³/mol. The summed E-state index contributed by atoms with van der Waals surface area (Å²) in [7, 11) is -2.05. The normalized spacial score (nSPS) is 12.9. The lowest BCUT2D eigenvalue weighted by Gasteiger charge is -2.13. The van der Waals surface area contributed by atoms with Gasteiger partial charge in [-0.2, -0.15) is 5.26 Å². The van der Waals surface area contributed by atoms with E-state index in [9.17, 15) is 8.42 Å². The molecule has 7 nitrogen and oxygen atoms in total. The number of halogens is 1. The Morgan fingerprint density at radius 1 is 1.48 bits per heavy atom. The number of benzene rings is 1. The minimum atomic E-state index is -3.77. The minimum absolute atomic E-state index is 0.0134. The highest BCUT2D eigenvalue weighted by Crippen LogP contribution is 2.21. The van der Waals surface area contributed by atoms with Gasteiger partial charge in [-0.3, -0.25) is 0 Å². The van der Waals surface area contributed by atoms with Crippen molar-refractivity contribution >= 4 is 21.6 Å². The molecule has 1 atom stereocenters. The summed E-state index contributed by atoms with van der Waals surface area (Å²) in [6, 6.07) is 5.25. The van der Waals surface area contributed by atoms with Crippen LogP contribution in [0.25, 0.3) is 0 Å². The number of hydrogen-bond acceptors (Lipinski definition) is 5. The molecule has 0 bridgehead atoms. The fourth-order valence-electron chi connectivity index (χ4n) is 1.79. The molecule has 0 aliphatic heterocycles. The van der Waals surface area contributed by atoms with Crippen molar-refractivity contribution in [1.29, 1.82) is 5.26 Å². The van der Waals surface area contributed by atoms with E-state index in [1.54, 1.807) is 18.5 Å². The molecule has 9 heteroatoms. The molecule has 1 aromatic heterocycles. The van der Waals surface area contributed by atoms with Crippen LogP contribution in [-0.4, -0.2) is 23.2 Å². The maximum Gasteiger partial charge on any atom is 0.241 e. The van der Waals surface area contributed by atoms with Crippen molar-refractivity contribution in [1.82, 2.24) is 19.5 Å². The molecule has 0 aliphatic rings. The smallest absolute Gasteiger partial charge is 0.241 e. The Labute approximate surface area is 127 Å². The van der Waals surface area contributed by atoms with E-state index in [-0.39, 0.29) is 15.5 Å². The summed E-state index contributed by atoms with van der Waals surface area (Å²) in [5, 5.41) is 16.4. The molecule has 0 saturated carbocycles. The van der Waals surface area contributed by atoms with Crippen LogP contribution in [0.5, 0.6) is 0 Å². The van der Waals surface area contributed by atoms with Crippen molar-refractivity contribution in [3.8, 4) is 6.07 Å². The van der Waals surface area contributed by atoms with Crippen LogP contribution in [0, 0.1) is 11.3 Å². The first-order valence-electron chi connectivity index (χ1n) is 5.91. The Morgan fingerprint density at radius 2 is 2.19 bits per heavy atom. The topological polar surface area (TPSA) is 101 Å². The van der Waals surface area contributed by atoms with Gasteiger partial charge in [0.25, 0.3) is 0 Å². The van der Waals surface area contributed by atoms with Crippen LogP contribution < -0.4 is 4.72 Å². The summed E-state index contributed by atoms with van der Waals surface area (Å²) >= 11 is 5.86. The summed E-state index contributed by atoms with van der Waals surface area (Å²) in [6.45, 7) is 1.66. The van der Waals surface area contributed by atoms with Crippen LogP contribution in [0.4, 0.5) is 0 Å². The number of rotatable bonds is 4. The van der Waals surface area contributed by atoms with Gasteiger partial charge in [-0.05, 0) is 25.1 Å². The number of sulfonamides is 1. The van der Waals surface area contributed by atoms with E-state index >= 15 is 0 Å². The van der Waals surface area contributed by atoms with Gasteiger partial charge in [-0.15, -0.1) is 10.2 Å². The van der Waals surface area contributed by atoms with Crippen LogP contribution >= 0.6 is 11.6 Å². The second-order valence-corrected chi connectivity index (χ2v) is 6.52. The highest BCUT2D eigenvalue weighted by molar-refractivity contribution is 7.89. The van der Waals surface area contributed by atoms with Gasteiger partial charge in [-0.25, -0.2) is 13.1 Å². The zero-order valence-electron chi connectivity index (χ0n) is 11.3. The van der Waals surface area contributed by atoms with Gasteiger partial charge in [0.15, 0.2) is 0 Å². The molecule has 0 amide bonds. The number of nitrogens with zero attached hydrogens (tertiary/aromatic N) is 4. The second-order valence-electron chi connectivity index (χ2n) is 4.40. The molecule has 1 heterocycles. The van der Waals surface area contributed by atoms with E-state index in [1.807, 2.05) is 6.07 Å². The Morgan fingerprint density at radius 3 is 2.71 bits per heavy atom. The van der Waals surface area contributed by atoms with Crippen molar-refractivity contribution in [3.05, 3.63) is 40.9 Å². The molecule has 0 aliphatic carbocycles. The SMILES string of the molecule is CC(NS(=O)(=O)c1ccc(C#N)c(Cl)c1)c1nncn1C. The number of nitriles is 1. The first-order chi connectivity index (χ1) is 9.85. The quantitative estimate of drug-likeness (QED) is 0.915. The Bertz CT molecular complexity index is 809. The molecule has 0 spiro atoms. The number of aromatic nitrogens is 3. The Balaban J connectivity index is 2.29. The summed E-state index contributed by atoms with van der Waals surface area (Å²) in [5.74, 6) is 0.485. The van der Waals surface area contributed by atoms with Gasteiger partial charge in [0.2, 0.25) is 10.0 Å². The van der Waals surface area contributed by atoms with E-state index in [1.165, 1.54) is 24.5 Å². The first kappa shape index (κ1) is 15.4. The molecule has 1 aromatic carbocycles. The van der Waals surface area contributed by atoms with Gasteiger partial charge < -0.3 is 4.57 Å². The highest BCUT2D eigenvalue weighted by Gasteiger charge is 2.21. The predicted octanol–water partition coefficient (Wildman–Crippen LogP) is 1.38. The van der Waals surface area contributed by atoms with Gasteiger partial charge >= 0.3 is 0 Å². The number of aryl methyl sites for hydroxylation is 1. The molecule has 21 heavy (non-hydrogen) atoms. The standard InChI is InChI=1S/C12H12ClN5O2S/c1-8(12-16-15-7-18(12)2)17-21(19,20)10-4-3-9(6-14)11(13)5-10/h3-5,7-8,17H,1-2H3. The maximum atomic E-state index is 12.3. The first-order valence-corrected chi connectivity index (χ1v) is 7.77. The Kier molecular flexibility index (Phi) is 4.27. The van der Waals surface area contributed by atoms with E-state index in [4.69, 9.17) is 16.9 Å². The van der Waals surface area contributed by atoms with Crippen LogP contribution in [0.1, 0.15) is 24.4 Å². The zero-order chi connectivity index (χ0) is 15.6. The van der Waals surface area contributed by atoms with Crippen molar-refractivity contribution < 1.29 is 8.42 Å².